The van der Waals surface area contributed by atoms with Crippen molar-refractivity contribution in [3.05, 3.63) is 0 Å². The summed E-state index contributed by atoms with van der Waals surface area (Å²) in [6.45, 7) is 9.33. The van der Waals surface area contributed by atoms with Crippen LogP contribution in [0.1, 0.15) is 47.0 Å². The van der Waals surface area contributed by atoms with Crippen molar-refractivity contribution in [2.24, 2.45) is 0 Å². The van der Waals surface area contributed by atoms with E-state index in [1.165, 1.54) is 0 Å². The summed E-state index contributed by atoms with van der Waals surface area (Å²) in [4.78, 5) is 12.0. The van der Waals surface area contributed by atoms with Crippen LogP contribution in [0.4, 0.5) is 0 Å². The van der Waals surface area contributed by atoms with Gasteiger partial charge in [-0.15, -0.1) is 0 Å². The van der Waals surface area contributed by atoms with E-state index < -0.39 is 11.0 Å². The molecule has 1 aliphatic rings. The van der Waals surface area contributed by atoms with E-state index in [1.54, 1.807) is 0 Å². The SMILES string of the molecule is CCCNC(=O)[C@@H]1CCCN1S(=O)C(C)(C)C. The maximum atomic E-state index is 12.3. The predicted molar refractivity (Wildman–Crippen MR) is 70.9 cm³/mol. The molecule has 4 nitrogen and oxygen atoms in total. The molecular formula is C12H24N2O2S. The van der Waals surface area contributed by atoms with Crippen LogP contribution in [-0.4, -0.2) is 38.3 Å². The number of nitrogens with one attached hydrogen (secondary N) is 1. The molecule has 0 spiro atoms. The van der Waals surface area contributed by atoms with E-state index in [0.29, 0.717) is 6.54 Å². The largest absolute Gasteiger partial charge is 0.355 e. The van der Waals surface area contributed by atoms with Gasteiger partial charge in [0.2, 0.25) is 5.91 Å². The molecule has 1 rings (SSSR count). The topological polar surface area (TPSA) is 49.4 Å². The van der Waals surface area contributed by atoms with Gasteiger partial charge in [0.15, 0.2) is 0 Å². The summed E-state index contributed by atoms with van der Waals surface area (Å²) >= 11 is 0. The Morgan fingerprint density at radius 3 is 2.65 bits per heavy atom. The summed E-state index contributed by atoms with van der Waals surface area (Å²) in [6.07, 6.45) is 2.70. The molecule has 1 heterocycles. The first-order valence-corrected chi connectivity index (χ1v) is 7.45. The van der Waals surface area contributed by atoms with Gasteiger partial charge >= 0.3 is 0 Å². The third-order valence-electron chi connectivity index (χ3n) is 2.79. The number of carbonyl (C=O) groups is 1. The number of hydrogen-bond donors (Lipinski definition) is 1. The lowest BCUT2D eigenvalue weighted by atomic mass is 10.2. The number of hydrogen-bond acceptors (Lipinski definition) is 2. The molecule has 1 saturated heterocycles. The Labute approximate surface area is 107 Å². The minimum absolute atomic E-state index is 0.0296. The lowest BCUT2D eigenvalue weighted by Crippen LogP contribution is -2.47. The van der Waals surface area contributed by atoms with Gasteiger partial charge in [-0.1, -0.05) is 6.92 Å². The number of rotatable bonds is 4. The van der Waals surface area contributed by atoms with E-state index in [1.807, 2.05) is 32.0 Å². The summed E-state index contributed by atoms with van der Waals surface area (Å²) in [6, 6.07) is -0.207. The molecule has 1 unspecified atom stereocenters. The number of nitrogens with zero attached hydrogens (tertiary/aromatic N) is 1. The van der Waals surface area contributed by atoms with Crippen LogP contribution in [0.25, 0.3) is 0 Å². The lowest BCUT2D eigenvalue weighted by Gasteiger charge is -2.29. The normalized spacial score (nSPS) is 23.6. The van der Waals surface area contributed by atoms with Crippen molar-refractivity contribution in [1.82, 2.24) is 9.62 Å². The Morgan fingerprint density at radius 1 is 1.47 bits per heavy atom. The quantitative estimate of drug-likeness (QED) is 0.831. The molecule has 0 aromatic heterocycles. The third kappa shape index (κ3) is 3.78. The molecule has 0 aromatic rings. The van der Waals surface area contributed by atoms with Crippen molar-refractivity contribution in [3.8, 4) is 0 Å². The Hall–Kier alpha value is -0.420. The molecule has 1 amide bonds. The molecule has 17 heavy (non-hydrogen) atoms. The smallest absolute Gasteiger partial charge is 0.238 e. The van der Waals surface area contributed by atoms with Crippen molar-refractivity contribution < 1.29 is 9.00 Å². The molecule has 1 fully saturated rings. The molecule has 0 bridgehead atoms. The van der Waals surface area contributed by atoms with E-state index in [4.69, 9.17) is 0 Å². The van der Waals surface area contributed by atoms with Crippen LogP contribution in [0.3, 0.4) is 0 Å². The Morgan fingerprint density at radius 2 is 2.12 bits per heavy atom. The average molecular weight is 260 g/mol. The van der Waals surface area contributed by atoms with Crippen LogP contribution in [0, 0.1) is 0 Å². The van der Waals surface area contributed by atoms with Gasteiger partial charge in [-0.3, -0.25) is 4.79 Å². The molecular weight excluding hydrogens is 236 g/mol. The fourth-order valence-corrected chi connectivity index (χ4v) is 3.35. The van der Waals surface area contributed by atoms with E-state index in [0.717, 1.165) is 25.8 Å². The van der Waals surface area contributed by atoms with Crippen LogP contribution in [0.2, 0.25) is 0 Å². The van der Waals surface area contributed by atoms with Crippen LogP contribution >= 0.6 is 0 Å². The van der Waals surface area contributed by atoms with Crippen molar-refractivity contribution >= 4 is 16.9 Å². The van der Waals surface area contributed by atoms with Crippen molar-refractivity contribution in [2.75, 3.05) is 13.1 Å². The van der Waals surface area contributed by atoms with Gasteiger partial charge in [0, 0.05) is 13.1 Å². The first kappa shape index (κ1) is 14.6. The van der Waals surface area contributed by atoms with Gasteiger partial charge in [0.25, 0.3) is 0 Å². The average Bonchev–Trinajstić information content (AvgIpc) is 2.72. The van der Waals surface area contributed by atoms with Gasteiger partial charge in [-0.2, -0.15) is 0 Å². The van der Waals surface area contributed by atoms with Crippen LogP contribution < -0.4 is 5.32 Å². The zero-order valence-corrected chi connectivity index (χ0v) is 12.1. The minimum Gasteiger partial charge on any atom is -0.355 e. The van der Waals surface area contributed by atoms with Crippen LogP contribution in [-0.2, 0) is 15.8 Å². The second-order valence-electron chi connectivity index (χ2n) is 5.45. The summed E-state index contributed by atoms with van der Waals surface area (Å²) in [5.74, 6) is 0.0296. The fraction of sp³-hybridized carbons (Fsp3) is 0.917. The highest BCUT2D eigenvalue weighted by Crippen LogP contribution is 2.25. The van der Waals surface area contributed by atoms with E-state index in [-0.39, 0.29) is 16.7 Å². The van der Waals surface area contributed by atoms with Gasteiger partial charge < -0.3 is 5.32 Å². The summed E-state index contributed by atoms with van der Waals surface area (Å²) in [7, 11) is -1.10. The van der Waals surface area contributed by atoms with Gasteiger partial charge in [0.05, 0.1) is 4.75 Å². The third-order valence-corrected chi connectivity index (χ3v) is 4.70. The first-order valence-electron chi connectivity index (χ1n) is 6.34. The highest BCUT2D eigenvalue weighted by atomic mass is 32.2. The molecule has 0 saturated carbocycles. The van der Waals surface area contributed by atoms with Gasteiger partial charge in [-0.05, 0) is 40.0 Å². The second-order valence-corrected chi connectivity index (χ2v) is 7.64. The van der Waals surface area contributed by atoms with Gasteiger partial charge in [-0.25, -0.2) is 8.51 Å². The lowest BCUT2D eigenvalue weighted by molar-refractivity contribution is -0.124. The Balaban J connectivity index is 2.66. The predicted octanol–water partition coefficient (Wildman–Crippen LogP) is 1.44. The Kier molecular flexibility index (Phi) is 5.13. The standard InChI is InChI=1S/C12H24N2O2S/c1-5-8-13-11(15)10-7-6-9-14(10)17(16)12(2,3)4/h10H,5-9H2,1-4H3,(H,13,15)/t10-,17?/m0/s1. The highest BCUT2D eigenvalue weighted by Gasteiger charge is 2.38. The fourth-order valence-electron chi connectivity index (χ4n) is 1.92. The maximum Gasteiger partial charge on any atom is 0.238 e. The van der Waals surface area contributed by atoms with E-state index in [2.05, 4.69) is 5.32 Å². The highest BCUT2D eigenvalue weighted by molar-refractivity contribution is 7.84. The summed E-state index contributed by atoms with van der Waals surface area (Å²) in [5.41, 5.74) is 0. The van der Waals surface area contributed by atoms with Crippen LogP contribution in [0.15, 0.2) is 0 Å². The molecule has 0 aliphatic carbocycles. The number of carbonyl (C=O) groups excluding carboxylic acids is 1. The Bertz CT molecular complexity index is 299. The van der Waals surface area contributed by atoms with Gasteiger partial charge in [0.1, 0.15) is 17.0 Å². The second kappa shape index (κ2) is 5.96. The summed E-state index contributed by atoms with van der Waals surface area (Å²) in [5, 5.41) is 2.90. The zero-order chi connectivity index (χ0) is 13.1. The van der Waals surface area contributed by atoms with Crippen molar-refractivity contribution in [3.63, 3.8) is 0 Å². The molecule has 0 aromatic carbocycles. The van der Waals surface area contributed by atoms with E-state index >= 15 is 0 Å². The minimum atomic E-state index is -1.10. The summed E-state index contributed by atoms with van der Waals surface area (Å²) < 4.78 is 13.9. The molecule has 1 N–H and O–H groups in total. The molecule has 2 atom stereocenters. The molecule has 0 radical (unpaired) electrons. The monoisotopic (exact) mass is 260 g/mol. The van der Waals surface area contributed by atoms with E-state index in [9.17, 15) is 9.00 Å². The zero-order valence-electron chi connectivity index (χ0n) is 11.3. The molecule has 100 valence electrons. The van der Waals surface area contributed by atoms with Crippen LogP contribution in [0.5, 0.6) is 0 Å². The maximum absolute atomic E-state index is 12.3. The number of amides is 1. The molecule has 5 heteroatoms. The van der Waals surface area contributed by atoms with Crippen molar-refractivity contribution in [1.29, 1.82) is 0 Å². The molecule has 1 aliphatic heterocycles. The first-order chi connectivity index (χ1) is 7.88. The van der Waals surface area contributed by atoms with Crippen molar-refractivity contribution in [2.45, 2.75) is 57.7 Å².